The first-order valence-corrected chi connectivity index (χ1v) is 8.18. The fourth-order valence-corrected chi connectivity index (χ4v) is 2.67. The molecule has 0 spiro atoms. The van der Waals surface area contributed by atoms with Gasteiger partial charge in [0.1, 0.15) is 18.0 Å². The molecule has 23 heavy (non-hydrogen) atoms. The molecule has 0 radical (unpaired) electrons. The molecule has 0 aliphatic carbocycles. The van der Waals surface area contributed by atoms with Crippen LogP contribution in [0.4, 0.5) is 17.6 Å². The number of aromatic nitrogens is 4. The molecular weight excluding hydrogens is 290 g/mol. The molecule has 0 bridgehead atoms. The van der Waals surface area contributed by atoms with Crippen molar-refractivity contribution in [3.8, 4) is 0 Å². The third-order valence-corrected chi connectivity index (χ3v) is 3.96. The largest absolute Gasteiger partial charge is 0.370 e. The number of hydrogen-bond acceptors (Lipinski definition) is 7. The zero-order valence-corrected chi connectivity index (χ0v) is 13.7. The fourth-order valence-electron chi connectivity index (χ4n) is 2.67. The molecule has 1 saturated heterocycles. The first-order chi connectivity index (χ1) is 11.3. The molecule has 2 aromatic heterocycles. The van der Waals surface area contributed by atoms with Gasteiger partial charge in [-0.15, -0.1) is 0 Å². The summed E-state index contributed by atoms with van der Waals surface area (Å²) in [5.41, 5.74) is 1.08. The van der Waals surface area contributed by atoms with Gasteiger partial charge in [-0.3, -0.25) is 0 Å². The van der Waals surface area contributed by atoms with E-state index < -0.39 is 0 Å². The van der Waals surface area contributed by atoms with Crippen LogP contribution in [0.25, 0.3) is 0 Å². The van der Waals surface area contributed by atoms with Crippen molar-refractivity contribution in [1.29, 1.82) is 0 Å². The van der Waals surface area contributed by atoms with Gasteiger partial charge in [0, 0.05) is 50.7 Å². The van der Waals surface area contributed by atoms with Gasteiger partial charge in [0.25, 0.3) is 0 Å². The third kappa shape index (κ3) is 3.67. The quantitative estimate of drug-likeness (QED) is 0.898. The Morgan fingerprint density at radius 3 is 2.57 bits per heavy atom. The maximum Gasteiger partial charge on any atom is 0.227 e. The summed E-state index contributed by atoms with van der Waals surface area (Å²) in [5, 5.41) is 3.23. The van der Waals surface area contributed by atoms with E-state index in [1.54, 1.807) is 6.33 Å². The summed E-state index contributed by atoms with van der Waals surface area (Å²) in [4.78, 5) is 22.2. The molecule has 0 unspecified atom stereocenters. The van der Waals surface area contributed by atoms with Gasteiger partial charge in [-0.05, 0) is 19.4 Å². The van der Waals surface area contributed by atoms with Crippen molar-refractivity contribution in [3.63, 3.8) is 0 Å². The Kier molecular flexibility index (Phi) is 4.85. The summed E-state index contributed by atoms with van der Waals surface area (Å²) >= 11 is 0. The highest BCUT2D eigenvalue weighted by Crippen LogP contribution is 2.17. The minimum absolute atomic E-state index is 0.792. The summed E-state index contributed by atoms with van der Waals surface area (Å²) in [6, 6.07) is 3.98. The fraction of sp³-hybridized carbons (Fsp3) is 0.500. The molecule has 2 aromatic rings. The number of nitrogens with one attached hydrogen (secondary N) is 1. The highest BCUT2D eigenvalue weighted by Gasteiger charge is 2.20. The van der Waals surface area contributed by atoms with Gasteiger partial charge >= 0.3 is 0 Å². The van der Waals surface area contributed by atoms with E-state index in [0.29, 0.717) is 0 Å². The first kappa shape index (κ1) is 15.5. The van der Waals surface area contributed by atoms with Crippen LogP contribution in [0.5, 0.6) is 0 Å². The molecule has 122 valence electrons. The Bertz CT molecular complexity index is 638. The predicted molar refractivity (Wildman–Crippen MR) is 92.0 cm³/mol. The lowest BCUT2D eigenvalue weighted by molar-refractivity contribution is 0.633. The van der Waals surface area contributed by atoms with Crippen LogP contribution in [0.15, 0.2) is 24.7 Å². The van der Waals surface area contributed by atoms with Gasteiger partial charge in [-0.25, -0.2) is 15.0 Å². The van der Waals surface area contributed by atoms with E-state index in [1.807, 2.05) is 12.3 Å². The van der Waals surface area contributed by atoms with Crippen LogP contribution in [-0.4, -0.2) is 52.7 Å². The molecular formula is C16H23N7. The van der Waals surface area contributed by atoms with E-state index in [4.69, 9.17) is 0 Å². The number of nitrogens with zero attached hydrogens (tertiary/aromatic N) is 6. The van der Waals surface area contributed by atoms with Crippen molar-refractivity contribution < 1.29 is 0 Å². The highest BCUT2D eigenvalue weighted by molar-refractivity contribution is 5.45. The minimum Gasteiger partial charge on any atom is -0.370 e. The molecule has 1 aliphatic rings. The van der Waals surface area contributed by atoms with Crippen molar-refractivity contribution >= 4 is 17.6 Å². The molecule has 0 atom stereocenters. The average molecular weight is 313 g/mol. The number of aryl methyl sites for hydroxylation is 1. The van der Waals surface area contributed by atoms with Crippen LogP contribution in [0, 0.1) is 0 Å². The van der Waals surface area contributed by atoms with Gasteiger partial charge in [-0.1, -0.05) is 6.92 Å². The molecule has 7 heteroatoms. The molecule has 1 aliphatic heterocycles. The van der Waals surface area contributed by atoms with Crippen molar-refractivity contribution in [2.75, 3.05) is 47.8 Å². The third-order valence-electron chi connectivity index (χ3n) is 3.96. The van der Waals surface area contributed by atoms with E-state index >= 15 is 0 Å². The van der Waals surface area contributed by atoms with Gasteiger partial charge < -0.3 is 15.1 Å². The maximum absolute atomic E-state index is 4.57. The van der Waals surface area contributed by atoms with Gasteiger partial charge in [0.15, 0.2) is 0 Å². The van der Waals surface area contributed by atoms with Crippen molar-refractivity contribution in [1.82, 2.24) is 19.9 Å². The number of anilines is 3. The van der Waals surface area contributed by atoms with Gasteiger partial charge in [0.05, 0.1) is 0 Å². The van der Waals surface area contributed by atoms with E-state index in [1.165, 1.54) is 0 Å². The van der Waals surface area contributed by atoms with E-state index in [2.05, 4.69) is 55.0 Å². The second-order valence-corrected chi connectivity index (χ2v) is 5.47. The lowest BCUT2D eigenvalue weighted by atomic mass is 10.3. The smallest absolute Gasteiger partial charge is 0.227 e. The Hall–Kier alpha value is -2.44. The second kappa shape index (κ2) is 7.21. The Morgan fingerprint density at radius 1 is 1.04 bits per heavy atom. The van der Waals surface area contributed by atoms with Gasteiger partial charge in [-0.2, -0.15) is 4.98 Å². The van der Waals surface area contributed by atoms with Crippen LogP contribution in [0.3, 0.4) is 0 Å². The molecule has 3 heterocycles. The first-order valence-electron chi connectivity index (χ1n) is 8.18. The van der Waals surface area contributed by atoms with Crippen LogP contribution in [-0.2, 0) is 6.42 Å². The summed E-state index contributed by atoms with van der Waals surface area (Å²) in [6.45, 7) is 8.63. The molecule has 7 nitrogen and oxygen atoms in total. The van der Waals surface area contributed by atoms with E-state index in [0.717, 1.165) is 62.4 Å². The number of rotatable bonds is 5. The summed E-state index contributed by atoms with van der Waals surface area (Å²) in [5.74, 6) is 2.68. The summed E-state index contributed by atoms with van der Waals surface area (Å²) in [6.07, 6.45) is 4.40. The molecule has 1 fully saturated rings. The molecule has 0 aromatic carbocycles. The standard InChI is InChI=1S/C16H23N7/c1-3-13-11-15(20-12-19-13)22-7-9-23(10-8-22)16-18-6-5-14(21-16)17-4-2/h5-6,11-12H,3-4,7-10H2,1-2H3,(H,17,18,21). The molecule has 1 N–H and O–H groups in total. The molecule has 0 amide bonds. The van der Waals surface area contributed by atoms with Crippen LogP contribution < -0.4 is 15.1 Å². The van der Waals surface area contributed by atoms with E-state index in [9.17, 15) is 0 Å². The Morgan fingerprint density at radius 2 is 1.83 bits per heavy atom. The lowest BCUT2D eigenvalue weighted by Gasteiger charge is -2.35. The van der Waals surface area contributed by atoms with Crippen molar-refractivity contribution in [2.24, 2.45) is 0 Å². The van der Waals surface area contributed by atoms with E-state index in [-0.39, 0.29) is 0 Å². The van der Waals surface area contributed by atoms with Crippen LogP contribution >= 0.6 is 0 Å². The Balaban J connectivity index is 1.65. The minimum atomic E-state index is 0.792. The Labute approximate surface area is 136 Å². The normalized spacial score (nSPS) is 14.9. The number of piperazine rings is 1. The zero-order valence-electron chi connectivity index (χ0n) is 13.7. The highest BCUT2D eigenvalue weighted by atomic mass is 15.3. The maximum atomic E-state index is 4.57. The molecule has 3 rings (SSSR count). The van der Waals surface area contributed by atoms with Crippen LogP contribution in [0.1, 0.15) is 19.5 Å². The SMILES string of the molecule is CCNc1ccnc(N2CCN(c3cc(CC)ncn3)CC2)n1. The summed E-state index contributed by atoms with van der Waals surface area (Å²) < 4.78 is 0. The monoisotopic (exact) mass is 313 g/mol. The lowest BCUT2D eigenvalue weighted by Crippen LogP contribution is -2.47. The topological polar surface area (TPSA) is 70.1 Å². The second-order valence-electron chi connectivity index (χ2n) is 5.47. The average Bonchev–Trinajstić information content (AvgIpc) is 2.62. The van der Waals surface area contributed by atoms with Gasteiger partial charge in [0.2, 0.25) is 5.95 Å². The number of hydrogen-bond donors (Lipinski definition) is 1. The van der Waals surface area contributed by atoms with Crippen molar-refractivity contribution in [3.05, 3.63) is 30.4 Å². The molecule has 0 saturated carbocycles. The predicted octanol–water partition coefficient (Wildman–Crippen LogP) is 1.59. The zero-order chi connectivity index (χ0) is 16.1. The summed E-state index contributed by atoms with van der Waals surface area (Å²) in [7, 11) is 0. The van der Waals surface area contributed by atoms with Crippen LogP contribution in [0.2, 0.25) is 0 Å². The van der Waals surface area contributed by atoms with Crippen molar-refractivity contribution in [2.45, 2.75) is 20.3 Å².